The molecular formula is C21H39NaO7S. The molecule has 1 N–H and O–H groups in total. The maximum atomic E-state index is 9.92. The first-order valence-electron chi connectivity index (χ1n) is 10.7. The van der Waals surface area contributed by atoms with Crippen LogP contribution in [0.3, 0.4) is 0 Å². The van der Waals surface area contributed by atoms with E-state index in [9.17, 15) is 22.6 Å². The minimum atomic E-state index is -3.92. The van der Waals surface area contributed by atoms with Gasteiger partial charge < -0.3 is 14.4 Å². The molecule has 0 unspecified atom stereocenters. The van der Waals surface area contributed by atoms with Gasteiger partial charge in [-0.25, -0.2) is 18.0 Å². The predicted octanol–water partition coefficient (Wildman–Crippen LogP) is 1.25. The van der Waals surface area contributed by atoms with E-state index < -0.39 is 22.1 Å². The third kappa shape index (κ3) is 32.4. The van der Waals surface area contributed by atoms with Gasteiger partial charge in [-0.1, -0.05) is 84.5 Å². The van der Waals surface area contributed by atoms with Crippen molar-refractivity contribution in [2.45, 2.75) is 97.3 Å². The van der Waals surface area contributed by atoms with Gasteiger partial charge in [0, 0.05) is 24.5 Å². The molecule has 0 bridgehead atoms. The van der Waals surface area contributed by atoms with Crippen LogP contribution in [0.1, 0.15) is 97.3 Å². The van der Waals surface area contributed by atoms with Crippen molar-refractivity contribution in [3.63, 3.8) is 0 Å². The number of aliphatic hydroxyl groups is 1. The quantitative estimate of drug-likeness (QED) is 0.137. The van der Waals surface area contributed by atoms with Crippen LogP contribution in [-0.2, 0) is 24.4 Å². The van der Waals surface area contributed by atoms with E-state index in [0.29, 0.717) is 13.0 Å². The van der Waals surface area contributed by atoms with Crippen LogP contribution >= 0.6 is 0 Å². The largest absolute Gasteiger partial charge is 1.00 e. The van der Waals surface area contributed by atoms with E-state index in [-0.39, 0.29) is 35.3 Å². The number of aliphatic hydroxyl groups excluding tert-OH is 1. The predicted molar refractivity (Wildman–Crippen MR) is 113 cm³/mol. The fraction of sp³-hybridized carbons (Fsp3) is 0.810. The van der Waals surface area contributed by atoms with Crippen LogP contribution in [0.2, 0.25) is 0 Å². The van der Waals surface area contributed by atoms with E-state index in [0.717, 1.165) is 18.6 Å². The Bertz CT molecular complexity index is 505. The second-order valence-electron chi connectivity index (χ2n) is 6.95. The summed E-state index contributed by atoms with van der Waals surface area (Å²) in [5.74, 6) is -1.40. The number of esters is 2. The molecule has 0 aromatic carbocycles. The fourth-order valence-electron chi connectivity index (χ4n) is 2.51. The van der Waals surface area contributed by atoms with Crippen LogP contribution in [0.25, 0.3) is 0 Å². The molecule has 9 heteroatoms. The number of hydrogen-bond donors (Lipinski definition) is 1. The molecule has 0 aromatic heterocycles. The summed E-state index contributed by atoms with van der Waals surface area (Å²) >= 11 is 0. The zero-order valence-electron chi connectivity index (χ0n) is 19.1. The summed E-state index contributed by atoms with van der Waals surface area (Å²) in [6.45, 7) is 4.29. The van der Waals surface area contributed by atoms with E-state index in [1.165, 1.54) is 70.6 Å². The molecule has 0 saturated heterocycles. The Morgan fingerprint density at radius 2 is 1.13 bits per heavy atom. The fourth-order valence-corrected chi connectivity index (χ4v) is 3.01. The summed E-state index contributed by atoms with van der Waals surface area (Å²) in [5.41, 5.74) is 0. The Morgan fingerprint density at radius 1 is 0.767 bits per heavy atom. The Balaban J connectivity index is -0.000000405. The SMILES string of the molecule is CCCCCCCCCCCCCCO.CCCS(=O)(=O)[O-].O=C1C=CC(=O)O1.[Na+]. The van der Waals surface area contributed by atoms with Gasteiger partial charge in [0.05, 0.1) is 10.1 Å². The molecule has 1 heterocycles. The Hall–Kier alpha value is -0.250. The molecule has 0 saturated carbocycles. The summed E-state index contributed by atoms with van der Waals surface area (Å²) in [5, 5.41) is 8.61. The normalized spacial score (nSPS) is 12.3. The first-order chi connectivity index (χ1) is 13.8. The molecule has 7 nitrogen and oxygen atoms in total. The first-order valence-corrected chi connectivity index (χ1v) is 12.3. The van der Waals surface area contributed by atoms with Gasteiger partial charge >= 0.3 is 41.5 Å². The van der Waals surface area contributed by atoms with Crippen molar-refractivity contribution in [2.75, 3.05) is 12.4 Å². The minimum Gasteiger partial charge on any atom is -0.748 e. The van der Waals surface area contributed by atoms with E-state index in [1.54, 1.807) is 6.92 Å². The number of unbranched alkanes of at least 4 members (excludes halogenated alkanes) is 11. The molecule has 0 atom stereocenters. The van der Waals surface area contributed by atoms with Gasteiger partial charge in [0.25, 0.3) is 0 Å². The number of ether oxygens (including phenoxy) is 1. The van der Waals surface area contributed by atoms with Gasteiger partial charge in [-0.2, -0.15) is 0 Å². The summed E-state index contributed by atoms with van der Waals surface area (Å²) in [6, 6.07) is 0. The third-order valence-corrected chi connectivity index (χ3v) is 4.93. The second kappa shape index (κ2) is 25.0. The van der Waals surface area contributed by atoms with Crippen molar-refractivity contribution >= 4 is 22.1 Å². The Labute approximate surface area is 205 Å². The molecule has 1 aliphatic rings. The van der Waals surface area contributed by atoms with Gasteiger partial charge in [-0.3, -0.25) is 0 Å². The van der Waals surface area contributed by atoms with Gasteiger partial charge in [-0.05, 0) is 12.8 Å². The van der Waals surface area contributed by atoms with Crippen LogP contribution in [0, 0.1) is 0 Å². The molecule has 30 heavy (non-hydrogen) atoms. The summed E-state index contributed by atoms with van der Waals surface area (Å²) in [6.07, 6.45) is 18.8. The minimum absolute atomic E-state index is 0. The number of cyclic esters (lactones) is 2. The van der Waals surface area contributed by atoms with Crippen molar-refractivity contribution in [1.82, 2.24) is 0 Å². The zero-order chi connectivity index (χ0) is 22.4. The number of carbonyl (C=O) groups is 2. The molecular weight excluding hydrogens is 419 g/mol. The molecule has 1 aliphatic heterocycles. The van der Waals surface area contributed by atoms with E-state index >= 15 is 0 Å². The van der Waals surface area contributed by atoms with Gasteiger partial charge in [-0.15, -0.1) is 0 Å². The summed E-state index contributed by atoms with van der Waals surface area (Å²) in [4.78, 5) is 19.8. The monoisotopic (exact) mass is 458 g/mol. The van der Waals surface area contributed by atoms with Crippen LogP contribution in [0.15, 0.2) is 12.2 Å². The number of rotatable bonds is 14. The van der Waals surface area contributed by atoms with Crippen molar-refractivity contribution < 1.29 is 62.0 Å². The van der Waals surface area contributed by atoms with E-state index in [1.807, 2.05) is 0 Å². The average molecular weight is 459 g/mol. The topological polar surface area (TPSA) is 121 Å². The van der Waals surface area contributed by atoms with Gasteiger partial charge in [0.15, 0.2) is 0 Å². The maximum Gasteiger partial charge on any atom is 1.00 e. The standard InChI is InChI=1S/C14H30O.C4H2O3.C3H8O3S.Na/c1-2-3-4-5-6-7-8-9-10-11-12-13-14-15;5-3-1-2-4(6)7-3;1-2-3-7(4,5)6;/h15H,2-14H2,1H3;1-2H;2-3H2,1H3,(H,4,5,6);/q;;;+1/p-1. The van der Waals surface area contributed by atoms with Crippen LogP contribution in [-0.4, -0.2) is 42.4 Å². The van der Waals surface area contributed by atoms with Crippen molar-refractivity contribution in [3.8, 4) is 0 Å². The molecule has 1 rings (SSSR count). The Morgan fingerprint density at radius 3 is 1.33 bits per heavy atom. The Kier molecular flexibility index (Phi) is 28.7. The smallest absolute Gasteiger partial charge is 0.748 e. The molecule has 0 aromatic rings. The summed E-state index contributed by atoms with van der Waals surface area (Å²) in [7, 11) is -3.92. The van der Waals surface area contributed by atoms with Gasteiger partial charge in [0.2, 0.25) is 0 Å². The third-order valence-electron chi connectivity index (χ3n) is 4.02. The number of carbonyl (C=O) groups excluding carboxylic acids is 2. The molecule has 0 spiro atoms. The van der Waals surface area contributed by atoms with Crippen molar-refractivity contribution in [2.24, 2.45) is 0 Å². The summed E-state index contributed by atoms with van der Waals surface area (Å²) < 4.78 is 33.0. The molecule has 0 radical (unpaired) electrons. The van der Waals surface area contributed by atoms with Crippen LogP contribution < -0.4 is 29.6 Å². The molecule has 0 aliphatic carbocycles. The van der Waals surface area contributed by atoms with Gasteiger partial charge in [0.1, 0.15) is 0 Å². The maximum absolute atomic E-state index is 9.92. The average Bonchev–Trinajstić information content (AvgIpc) is 3.02. The first kappa shape index (κ1) is 34.4. The zero-order valence-corrected chi connectivity index (χ0v) is 21.9. The molecule has 0 amide bonds. The van der Waals surface area contributed by atoms with Crippen molar-refractivity contribution in [1.29, 1.82) is 0 Å². The van der Waals surface area contributed by atoms with Crippen LogP contribution in [0.5, 0.6) is 0 Å². The molecule has 172 valence electrons. The van der Waals surface area contributed by atoms with E-state index in [2.05, 4.69) is 11.7 Å². The second-order valence-corrected chi connectivity index (χ2v) is 8.47. The van der Waals surface area contributed by atoms with Crippen molar-refractivity contribution in [3.05, 3.63) is 12.2 Å². The molecule has 0 fully saturated rings. The number of hydrogen-bond acceptors (Lipinski definition) is 7. The van der Waals surface area contributed by atoms with E-state index in [4.69, 9.17) is 5.11 Å². The van der Waals surface area contributed by atoms with Crippen LogP contribution in [0.4, 0.5) is 0 Å².